The number of esters is 1. The summed E-state index contributed by atoms with van der Waals surface area (Å²) in [6.45, 7) is 5.37. The third-order valence-electron chi connectivity index (χ3n) is 5.10. The molecule has 3 rings (SSSR count). The predicted molar refractivity (Wildman–Crippen MR) is 108 cm³/mol. The van der Waals surface area contributed by atoms with Gasteiger partial charge in [-0.3, -0.25) is 9.69 Å². The number of allylic oxidation sites excluding steroid dienone is 1. The number of hydrogen-bond donors (Lipinski definition) is 0. The number of methoxy groups -OCH3 is 1. The van der Waals surface area contributed by atoms with Crippen molar-refractivity contribution in [3.8, 4) is 0 Å². The van der Waals surface area contributed by atoms with Crippen LogP contribution in [0.1, 0.15) is 29.2 Å². The Hall–Kier alpha value is -3.35. The van der Waals surface area contributed by atoms with E-state index in [1.807, 2.05) is 19.9 Å². The van der Waals surface area contributed by atoms with E-state index in [1.165, 1.54) is 23.1 Å². The number of benzene rings is 2. The molecular weight excluding hydrogens is 395 g/mol. The summed E-state index contributed by atoms with van der Waals surface area (Å²) >= 11 is 0. The third kappa shape index (κ3) is 3.75. The fourth-order valence-corrected chi connectivity index (χ4v) is 3.39. The van der Waals surface area contributed by atoms with Crippen LogP contribution >= 0.6 is 0 Å². The van der Waals surface area contributed by atoms with Crippen LogP contribution in [0.5, 0.6) is 0 Å². The smallest absolute Gasteiger partial charge is 0.416 e. The number of anilines is 1. The Morgan fingerprint density at radius 3 is 2.30 bits per heavy atom. The molecule has 30 heavy (non-hydrogen) atoms. The molecule has 1 heterocycles. The summed E-state index contributed by atoms with van der Waals surface area (Å²) in [5, 5.41) is 0. The van der Waals surface area contributed by atoms with Gasteiger partial charge in [0.25, 0.3) is 5.91 Å². The van der Waals surface area contributed by atoms with E-state index in [-0.39, 0.29) is 16.7 Å². The van der Waals surface area contributed by atoms with Crippen LogP contribution in [0, 0.1) is 13.8 Å². The lowest BCUT2D eigenvalue weighted by molar-refractivity contribution is -0.138. The lowest BCUT2D eigenvalue weighted by Gasteiger charge is -2.19. The molecule has 0 bridgehead atoms. The summed E-state index contributed by atoms with van der Waals surface area (Å²) in [6, 6.07) is 10.3. The lowest BCUT2D eigenvalue weighted by atomic mass is 10.00. The summed E-state index contributed by atoms with van der Waals surface area (Å²) in [4.78, 5) is 27.0. The van der Waals surface area contributed by atoms with E-state index in [2.05, 4.69) is 0 Å². The molecule has 1 aliphatic rings. The number of rotatable bonds is 3. The van der Waals surface area contributed by atoms with Crippen LogP contribution in [0.25, 0.3) is 6.08 Å². The van der Waals surface area contributed by atoms with Crippen molar-refractivity contribution in [3.63, 3.8) is 0 Å². The predicted octanol–water partition coefficient (Wildman–Crippen LogP) is 5.20. The van der Waals surface area contributed by atoms with Crippen molar-refractivity contribution in [3.05, 3.63) is 81.6 Å². The Balaban J connectivity index is 2.20. The van der Waals surface area contributed by atoms with Gasteiger partial charge >= 0.3 is 12.1 Å². The van der Waals surface area contributed by atoms with Gasteiger partial charge in [-0.2, -0.15) is 13.2 Å². The molecule has 2 aromatic rings. The van der Waals surface area contributed by atoms with Gasteiger partial charge in [0, 0.05) is 11.4 Å². The van der Waals surface area contributed by atoms with Crippen molar-refractivity contribution in [1.82, 2.24) is 0 Å². The van der Waals surface area contributed by atoms with Crippen molar-refractivity contribution in [2.24, 2.45) is 0 Å². The van der Waals surface area contributed by atoms with Crippen LogP contribution in [-0.4, -0.2) is 19.0 Å². The minimum atomic E-state index is -4.60. The van der Waals surface area contributed by atoms with E-state index in [0.29, 0.717) is 11.4 Å². The molecule has 0 radical (unpaired) electrons. The molecular formula is C23H20F3NO3. The molecule has 0 fully saturated rings. The fraction of sp³-hybridized carbons (Fsp3) is 0.217. The van der Waals surface area contributed by atoms with E-state index < -0.39 is 23.6 Å². The van der Waals surface area contributed by atoms with Gasteiger partial charge in [0.1, 0.15) is 0 Å². The quantitative estimate of drug-likeness (QED) is 0.511. The zero-order valence-corrected chi connectivity index (χ0v) is 16.9. The van der Waals surface area contributed by atoms with Gasteiger partial charge in [-0.25, -0.2) is 4.79 Å². The molecule has 7 heteroatoms. The van der Waals surface area contributed by atoms with Crippen LogP contribution in [0.2, 0.25) is 0 Å². The zero-order chi connectivity index (χ0) is 22.2. The maximum Gasteiger partial charge on any atom is 0.416 e. The standard InChI is InChI=1S/C23H20F3NO3/c1-13-9-10-17(11-14(13)2)27-15(3)20(22(29)30-4)18(21(27)28)12-16-7-5-6-8-19(16)23(24,25)26/h5-12H,1-4H3/b18-12-. The average Bonchev–Trinajstić information content (AvgIpc) is 2.93. The number of nitrogens with zero attached hydrogens (tertiary/aromatic N) is 1. The molecule has 0 unspecified atom stereocenters. The van der Waals surface area contributed by atoms with Crippen molar-refractivity contribution in [1.29, 1.82) is 0 Å². The van der Waals surface area contributed by atoms with Gasteiger partial charge in [0.2, 0.25) is 0 Å². The fourth-order valence-electron chi connectivity index (χ4n) is 3.39. The van der Waals surface area contributed by atoms with Gasteiger partial charge in [0.05, 0.1) is 23.8 Å². The summed E-state index contributed by atoms with van der Waals surface area (Å²) in [5.41, 5.74) is 1.48. The number of carbonyl (C=O) groups excluding carboxylic acids is 2. The second-order valence-electron chi connectivity index (χ2n) is 7.00. The van der Waals surface area contributed by atoms with Gasteiger partial charge in [-0.05, 0) is 61.7 Å². The normalized spacial score (nSPS) is 15.9. The van der Waals surface area contributed by atoms with E-state index in [1.54, 1.807) is 19.1 Å². The van der Waals surface area contributed by atoms with Crippen molar-refractivity contribution >= 4 is 23.6 Å². The van der Waals surface area contributed by atoms with E-state index >= 15 is 0 Å². The van der Waals surface area contributed by atoms with Gasteiger partial charge in [0.15, 0.2) is 0 Å². The molecule has 0 aliphatic carbocycles. The zero-order valence-electron chi connectivity index (χ0n) is 16.9. The average molecular weight is 415 g/mol. The molecule has 0 spiro atoms. The monoisotopic (exact) mass is 415 g/mol. The Kier molecular flexibility index (Phi) is 5.57. The first-order valence-electron chi connectivity index (χ1n) is 9.15. The van der Waals surface area contributed by atoms with E-state index in [0.717, 1.165) is 30.4 Å². The number of ether oxygens (including phenoxy) is 1. The Morgan fingerprint density at radius 2 is 1.70 bits per heavy atom. The molecule has 0 aromatic heterocycles. The molecule has 4 nitrogen and oxygen atoms in total. The SMILES string of the molecule is COC(=O)C1=C(C)N(c2ccc(C)c(C)c2)C(=O)/C1=C\c1ccccc1C(F)(F)F. The molecule has 0 atom stereocenters. The molecule has 1 aliphatic heterocycles. The molecule has 2 aromatic carbocycles. The van der Waals surface area contributed by atoms with Crippen LogP contribution in [-0.2, 0) is 20.5 Å². The highest BCUT2D eigenvalue weighted by atomic mass is 19.4. The van der Waals surface area contributed by atoms with Crippen molar-refractivity contribution in [2.45, 2.75) is 26.9 Å². The Bertz CT molecular complexity index is 1100. The lowest BCUT2D eigenvalue weighted by Crippen LogP contribution is -2.24. The minimum Gasteiger partial charge on any atom is -0.465 e. The molecule has 0 saturated heterocycles. The number of hydrogen-bond acceptors (Lipinski definition) is 3. The van der Waals surface area contributed by atoms with Gasteiger partial charge in [-0.1, -0.05) is 24.3 Å². The van der Waals surface area contributed by atoms with Gasteiger partial charge in [-0.15, -0.1) is 0 Å². The largest absolute Gasteiger partial charge is 0.465 e. The number of amides is 1. The molecule has 0 saturated carbocycles. The molecule has 1 amide bonds. The Morgan fingerprint density at radius 1 is 1.03 bits per heavy atom. The van der Waals surface area contributed by atoms with Crippen molar-refractivity contribution < 1.29 is 27.5 Å². The first kappa shape index (κ1) is 21.4. The number of aryl methyl sites for hydroxylation is 2. The summed E-state index contributed by atoms with van der Waals surface area (Å²) in [7, 11) is 1.16. The first-order valence-corrected chi connectivity index (χ1v) is 9.15. The Labute approximate surface area is 172 Å². The summed E-state index contributed by atoms with van der Waals surface area (Å²) < 4.78 is 45.0. The highest BCUT2D eigenvalue weighted by Gasteiger charge is 2.39. The maximum absolute atomic E-state index is 13.4. The van der Waals surface area contributed by atoms with Crippen molar-refractivity contribution in [2.75, 3.05) is 12.0 Å². The summed E-state index contributed by atoms with van der Waals surface area (Å²) in [6.07, 6.45) is -3.50. The van der Waals surface area contributed by atoms with Crippen LogP contribution < -0.4 is 4.90 Å². The second kappa shape index (κ2) is 7.82. The van der Waals surface area contributed by atoms with Crippen LogP contribution in [0.4, 0.5) is 18.9 Å². The third-order valence-corrected chi connectivity index (χ3v) is 5.10. The topological polar surface area (TPSA) is 46.6 Å². The van der Waals surface area contributed by atoms with Crippen LogP contribution in [0.3, 0.4) is 0 Å². The summed E-state index contributed by atoms with van der Waals surface area (Å²) in [5.74, 6) is -1.38. The highest BCUT2D eigenvalue weighted by Crippen LogP contribution is 2.38. The number of halogens is 3. The number of carbonyl (C=O) groups is 2. The van der Waals surface area contributed by atoms with Gasteiger partial charge < -0.3 is 4.74 Å². The highest BCUT2D eigenvalue weighted by molar-refractivity contribution is 6.23. The number of alkyl halides is 3. The second-order valence-corrected chi connectivity index (χ2v) is 7.00. The molecule has 0 N–H and O–H groups in total. The first-order chi connectivity index (χ1) is 14.1. The van der Waals surface area contributed by atoms with Crippen LogP contribution in [0.15, 0.2) is 59.3 Å². The van der Waals surface area contributed by atoms with E-state index in [4.69, 9.17) is 4.74 Å². The maximum atomic E-state index is 13.4. The molecule has 156 valence electrons. The minimum absolute atomic E-state index is 0.0577. The van der Waals surface area contributed by atoms with E-state index in [9.17, 15) is 22.8 Å².